The molecule has 7 nitrogen and oxygen atoms in total. The molecule has 188 valence electrons. The van der Waals surface area contributed by atoms with Crippen LogP contribution in [0.25, 0.3) is 0 Å². The molecule has 1 heterocycles. The summed E-state index contributed by atoms with van der Waals surface area (Å²) in [7, 11) is 3.88. The average molecular weight is 480 g/mol. The van der Waals surface area contributed by atoms with Crippen LogP contribution in [0.4, 0.5) is 5.69 Å². The van der Waals surface area contributed by atoms with Crippen molar-refractivity contribution in [3.63, 3.8) is 0 Å². The third-order valence-corrected chi connectivity index (χ3v) is 10.4. The zero-order chi connectivity index (χ0) is 25.1. The van der Waals surface area contributed by atoms with Gasteiger partial charge in [-0.2, -0.15) is 0 Å². The molecule has 0 unspecified atom stereocenters. The number of nitrogens with zero attached hydrogens (tertiary/aromatic N) is 3. The van der Waals surface area contributed by atoms with Gasteiger partial charge in [-0.15, -0.1) is 0 Å². The number of hydrogen-bond acceptors (Lipinski definition) is 4. The van der Waals surface area contributed by atoms with Gasteiger partial charge in [0.15, 0.2) is 0 Å². The molecule has 0 saturated heterocycles. The van der Waals surface area contributed by atoms with Crippen molar-refractivity contribution in [3.8, 4) is 0 Å². The monoisotopic (exact) mass is 479 g/mol. The van der Waals surface area contributed by atoms with Crippen molar-refractivity contribution in [1.82, 2.24) is 9.80 Å². The largest absolute Gasteiger partial charge is 0.342 e. The lowest BCUT2D eigenvalue weighted by Gasteiger charge is -2.60. The highest BCUT2D eigenvalue weighted by atomic mass is 16.6. The molecule has 0 spiro atoms. The van der Waals surface area contributed by atoms with E-state index in [2.05, 4.69) is 19.9 Å². The van der Waals surface area contributed by atoms with Gasteiger partial charge in [0.2, 0.25) is 11.8 Å². The maximum absolute atomic E-state index is 13.3. The number of nitro groups is 1. The molecule has 7 heteroatoms. The van der Waals surface area contributed by atoms with Crippen molar-refractivity contribution in [2.45, 2.75) is 70.9 Å². The molecule has 2 amide bonds. The molecule has 0 aromatic heterocycles. The highest BCUT2D eigenvalue weighted by molar-refractivity contribution is 5.89. The minimum atomic E-state index is -0.414. The van der Waals surface area contributed by atoms with E-state index >= 15 is 0 Å². The van der Waals surface area contributed by atoms with Gasteiger partial charge in [0.25, 0.3) is 5.69 Å². The molecule has 3 aliphatic carbocycles. The molecular formula is C28H37N3O4. The number of likely N-dealkylation sites (N-methyl/N-ethyl adjacent to an activating group) is 2. The highest BCUT2D eigenvalue weighted by Gasteiger charge is 2.61. The first-order valence-corrected chi connectivity index (χ1v) is 13.0. The number of benzene rings is 1. The Kier molecular flexibility index (Phi) is 5.80. The summed E-state index contributed by atoms with van der Waals surface area (Å²) in [5.41, 5.74) is 0.817. The van der Waals surface area contributed by atoms with Crippen molar-refractivity contribution in [2.24, 2.45) is 28.6 Å². The molecule has 0 N–H and O–H groups in total. The standard InChI is InChI=1S/C28H37N3O4/c1-27-14-12-22-20(8-10-23-28(22,2)15-13-25(32)29(23)3)21(27)9-11-24(27)30(4)26(33)17-18-6-5-7-19(16-18)31(34)35/h5-7,13,15-16,20-24H,8-12,14,17H2,1-4H3/t20-,21-,22-,23+,24-,27-,28+/m0/s1. The molecule has 0 bridgehead atoms. The number of fused-ring (bicyclic) bond motifs is 5. The van der Waals surface area contributed by atoms with Crippen molar-refractivity contribution >= 4 is 17.5 Å². The van der Waals surface area contributed by atoms with Gasteiger partial charge in [-0.05, 0) is 73.3 Å². The summed E-state index contributed by atoms with van der Waals surface area (Å²) in [5, 5.41) is 11.1. The molecule has 3 fully saturated rings. The van der Waals surface area contributed by atoms with Crippen molar-refractivity contribution in [2.75, 3.05) is 14.1 Å². The third kappa shape index (κ3) is 3.69. The topological polar surface area (TPSA) is 83.8 Å². The second-order valence-corrected chi connectivity index (χ2v) is 11.9. The van der Waals surface area contributed by atoms with E-state index in [0.29, 0.717) is 23.3 Å². The first-order chi connectivity index (χ1) is 16.6. The maximum Gasteiger partial charge on any atom is 0.269 e. The van der Waals surface area contributed by atoms with Gasteiger partial charge in [0, 0.05) is 43.7 Å². The fourth-order valence-corrected chi connectivity index (χ4v) is 8.60. The van der Waals surface area contributed by atoms with Gasteiger partial charge < -0.3 is 9.80 Å². The SMILES string of the molecule is CN(C(=O)Cc1cccc([N+](=O)[O-])c1)[C@H]1CC[C@H]2[C@@H]3CC[C@H]4N(C)C(=O)C=C[C@]4(C)[C@H]3CC[C@]12C. The second kappa shape index (κ2) is 8.45. The fraction of sp³-hybridized carbons (Fsp3) is 0.643. The minimum Gasteiger partial charge on any atom is -0.342 e. The highest BCUT2D eigenvalue weighted by Crippen LogP contribution is 2.64. The summed E-state index contributed by atoms with van der Waals surface area (Å²) in [5.74, 6) is 1.91. The van der Waals surface area contributed by atoms with Crippen LogP contribution in [0.2, 0.25) is 0 Å². The van der Waals surface area contributed by atoms with Crippen molar-refractivity contribution in [1.29, 1.82) is 0 Å². The Labute approximate surface area is 207 Å². The van der Waals surface area contributed by atoms with E-state index in [9.17, 15) is 19.7 Å². The van der Waals surface area contributed by atoms with Crippen LogP contribution < -0.4 is 0 Å². The number of carbonyl (C=O) groups is 2. The first-order valence-electron chi connectivity index (χ1n) is 13.0. The molecule has 3 saturated carbocycles. The maximum atomic E-state index is 13.3. The normalized spacial score (nSPS) is 37.9. The predicted octanol–water partition coefficient (Wildman–Crippen LogP) is 4.60. The number of non-ortho nitro benzene ring substituents is 1. The Bertz CT molecular complexity index is 1090. The minimum absolute atomic E-state index is 0.0226. The van der Waals surface area contributed by atoms with Gasteiger partial charge in [-0.25, -0.2) is 0 Å². The van der Waals surface area contributed by atoms with E-state index in [1.807, 2.05) is 23.9 Å². The molecule has 7 atom stereocenters. The third-order valence-electron chi connectivity index (χ3n) is 10.4. The van der Waals surface area contributed by atoms with Crippen LogP contribution in [0.5, 0.6) is 0 Å². The van der Waals surface area contributed by atoms with Gasteiger partial charge in [0.1, 0.15) is 0 Å². The summed E-state index contributed by atoms with van der Waals surface area (Å²) in [6.07, 6.45) is 10.7. The molecule has 4 aliphatic rings. The zero-order valence-corrected chi connectivity index (χ0v) is 21.3. The van der Waals surface area contributed by atoms with E-state index < -0.39 is 4.92 Å². The van der Waals surface area contributed by atoms with Crippen molar-refractivity contribution in [3.05, 3.63) is 52.1 Å². The molecule has 5 rings (SSSR count). The Hall–Kier alpha value is -2.70. The molecular weight excluding hydrogens is 442 g/mol. The van der Waals surface area contributed by atoms with Gasteiger partial charge in [0.05, 0.1) is 11.3 Å². The van der Waals surface area contributed by atoms with Crippen LogP contribution in [-0.2, 0) is 16.0 Å². The summed E-state index contributed by atoms with van der Waals surface area (Å²) < 4.78 is 0. The van der Waals surface area contributed by atoms with Crippen LogP contribution in [0.3, 0.4) is 0 Å². The number of rotatable bonds is 4. The first kappa shape index (κ1) is 24.0. The number of amides is 2. The van der Waals surface area contributed by atoms with Crippen LogP contribution in [0.15, 0.2) is 36.4 Å². The Morgan fingerprint density at radius 1 is 1.17 bits per heavy atom. The predicted molar refractivity (Wildman–Crippen MR) is 133 cm³/mol. The lowest BCUT2D eigenvalue weighted by molar-refractivity contribution is -0.384. The van der Waals surface area contributed by atoms with Gasteiger partial charge >= 0.3 is 0 Å². The summed E-state index contributed by atoms with van der Waals surface area (Å²) in [6, 6.07) is 6.88. The number of carbonyl (C=O) groups excluding carboxylic acids is 2. The molecule has 35 heavy (non-hydrogen) atoms. The van der Waals surface area contributed by atoms with E-state index in [-0.39, 0.29) is 46.8 Å². The summed E-state index contributed by atoms with van der Waals surface area (Å²) in [6.45, 7) is 4.75. The molecule has 1 aromatic carbocycles. The summed E-state index contributed by atoms with van der Waals surface area (Å²) in [4.78, 5) is 40.2. The Morgan fingerprint density at radius 2 is 1.94 bits per heavy atom. The van der Waals surface area contributed by atoms with E-state index in [0.717, 1.165) is 38.5 Å². The fourth-order valence-electron chi connectivity index (χ4n) is 8.60. The Balaban J connectivity index is 1.33. The second-order valence-electron chi connectivity index (χ2n) is 11.9. The van der Waals surface area contributed by atoms with E-state index in [4.69, 9.17) is 0 Å². The van der Waals surface area contributed by atoms with Crippen LogP contribution in [0, 0.1) is 38.7 Å². The number of nitro benzene ring substituents is 1. The zero-order valence-electron chi connectivity index (χ0n) is 21.3. The molecule has 0 radical (unpaired) electrons. The average Bonchev–Trinajstić information content (AvgIpc) is 3.18. The van der Waals surface area contributed by atoms with Crippen LogP contribution in [0.1, 0.15) is 57.9 Å². The quantitative estimate of drug-likeness (QED) is 0.467. The lowest BCUT2D eigenvalue weighted by atomic mass is 9.48. The Morgan fingerprint density at radius 3 is 2.69 bits per heavy atom. The summed E-state index contributed by atoms with van der Waals surface area (Å²) >= 11 is 0. The number of hydrogen-bond donors (Lipinski definition) is 0. The van der Waals surface area contributed by atoms with Crippen molar-refractivity contribution < 1.29 is 14.5 Å². The molecule has 1 aliphatic heterocycles. The van der Waals surface area contributed by atoms with Gasteiger partial charge in [-0.1, -0.05) is 32.1 Å². The van der Waals surface area contributed by atoms with Crippen LogP contribution >= 0.6 is 0 Å². The van der Waals surface area contributed by atoms with Gasteiger partial charge in [-0.3, -0.25) is 19.7 Å². The smallest absolute Gasteiger partial charge is 0.269 e. The van der Waals surface area contributed by atoms with E-state index in [1.54, 1.807) is 18.2 Å². The lowest BCUT2D eigenvalue weighted by Crippen LogP contribution is -2.60. The molecule has 1 aromatic rings. The van der Waals surface area contributed by atoms with E-state index in [1.165, 1.54) is 12.1 Å². The van der Waals surface area contributed by atoms with Crippen LogP contribution in [-0.4, -0.2) is 52.7 Å².